The Labute approximate surface area is 144 Å². The number of methoxy groups -OCH3 is 1. The van der Waals surface area contributed by atoms with Gasteiger partial charge in [0.1, 0.15) is 17.1 Å². The van der Waals surface area contributed by atoms with Crippen LogP contribution < -0.4 is 10.4 Å². The maximum atomic E-state index is 12.7. The van der Waals surface area contributed by atoms with Crippen molar-refractivity contribution in [1.29, 1.82) is 0 Å². The number of hydrogen-bond donors (Lipinski definition) is 1. The molecule has 25 heavy (non-hydrogen) atoms. The van der Waals surface area contributed by atoms with Gasteiger partial charge in [0.25, 0.3) is 0 Å². The number of rotatable bonds is 2. The average Bonchev–Trinajstić information content (AvgIpc) is 2.62. The second-order valence-corrected chi connectivity index (χ2v) is 6.42. The average molecular weight is 338 g/mol. The molecule has 0 amide bonds. The first-order valence-electron chi connectivity index (χ1n) is 8.09. The summed E-state index contributed by atoms with van der Waals surface area (Å²) in [5.41, 5.74) is 1.38. The van der Waals surface area contributed by atoms with Crippen LogP contribution in [0.15, 0.2) is 57.7 Å². The molecular weight excluding hydrogens is 320 g/mol. The van der Waals surface area contributed by atoms with Crippen molar-refractivity contribution in [3.63, 3.8) is 0 Å². The lowest BCUT2D eigenvalue weighted by Crippen LogP contribution is -2.41. The van der Waals surface area contributed by atoms with Crippen LogP contribution >= 0.6 is 0 Å². The first-order chi connectivity index (χ1) is 12.0. The molecule has 1 aliphatic rings. The third kappa shape index (κ3) is 2.57. The summed E-state index contributed by atoms with van der Waals surface area (Å²) in [6, 6.07) is 14.3. The Morgan fingerprint density at radius 2 is 1.96 bits per heavy atom. The summed E-state index contributed by atoms with van der Waals surface area (Å²) in [6.07, 6.45) is 0.482. The van der Waals surface area contributed by atoms with Crippen LogP contribution in [0.3, 0.4) is 0 Å². The first kappa shape index (κ1) is 15.7. The zero-order valence-corrected chi connectivity index (χ0v) is 14.0. The molecule has 3 aromatic rings. The molecule has 0 bridgehead atoms. The monoisotopic (exact) mass is 338 g/mol. The number of phenolic OH excluding ortho intramolecular Hbond substituents is 1. The van der Waals surface area contributed by atoms with Gasteiger partial charge in [-0.05, 0) is 23.8 Å². The van der Waals surface area contributed by atoms with Gasteiger partial charge in [-0.1, -0.05) is 30.3 Å². The third-order valence-electron chi connectivity index (χ3n) is 4.75. The molecule has 0 saturated carbocycles. The molecule has 128 valence electrons. The minimum absolute atomic E-state index is 0.0769. The molecule has 0 saturated heterocycles. The highest BCUT2D eigenvalue weighted by atomic mass is 16.7. The van der Waals surface area contributed by atoms with E-state index in [1.807, 2.05) is 37.3 Å². The van der Waals surface area contributed by atoms with Crippen LogP contribution in [0, 0.1) is 0 Å². The maximum Gasteiger partial charge on any atom is 0.343 e. The number of phenols is 1. The van der Waals surface area contributed by atoms with Crippen LogP contribution in [-0.4, -0.2) is 18.0 Å². The fraction of sp³-hybridized carbons (Fsp3) is 0.250. The Balaban J connectivity index is 2.04. The molecule has 0 unspecified atom stereocenters. The van der Waals surface area contributed by atoms with E-state index in [9.17, 15) is 9.90 Å². The molecule has 1 aliphatic heterocycles. The lowest BCUT2D eigenvalue weighted by atomic mass is 9.83. The van der Waals surface area contributed by atoms with E-state index in [0.717, 1.165) is 5.56 Å². The van der Waals surface area contributed by atoms with Gasteiger partial charge < -0.3 is 19.0 Å². The number of fused-ring (bicyclic) bond motifs is 3. The van der Waals surface area contributed by atoms with E-state index in [2.05, 4.69) is 0 Å². The summed E-state index contributed by atoms with van der Waals surface area (Å²) < 4.78 is 17.1. The summed E-state index contributed by atoms with van der Waals surface area (Å²) in [4.78, 5) is 12.7. The van der Waals surface area contributed by atoms with E-state index >= 15 is 0 Å². The molecule has 4 rings (SSSR count). The molecule has 0 aliphatic carbocycles. The summed E-state index contributed by atoms with van der Waals surface area (Å²) in [6.45, 7) is 1.84. The second kappa shape index (κ2) is 5.63. The van der Waals surface area contributed by atoms with E-state index in [1.165, 1.54) is 6.07 Å². The van der Waals surface area contributed by atoms with Crippen LogP contribution in [0.1, 0.15) is 30.4 Å². The van der Waals surface area contributed by atoms with Gasteiger partial charge in [-0.25, -0.2) is 4.79 Å². The summed E-state index contributed by atoms with van der Waals surface area (Å²) in [7, 11) is 1.58. The number of benzene rings is 2. The number of aromatic hydroxyl groups is 1. The Morgan fingerprint density at radius 1 is 1.20 bits per heavy atom. The zero-order chi connectivity index (χ0) is 17.6. The van der Waals surface area contributed by atoms with Crippen molar-refractivity contribution in [2.24, 2.45) is 0 Å². The molecule has 2 heterocycles. The summed E-state index contributed by atoms with van der Waals surface area (Å²) in [5.74, 6) is -0.628. The van der Waals surface area contributed by atoms with Crippen LogP contribution in [0.25, 0.3) is 11.0 Å². The molecule has 5 nitrogen and oxygen atoms in total. The lowest BCUT2D eigenvalue weighted by Gasteiger charge is -2.38. The molecule has 1 N–H and O–H groups in total. The van der Waals surface area contributed by atoms with Crippen molar-refractivity contribution in [3.8, 4) is 11.5 Å². The van der Waals surface area contributed by atoms with Gasteiger partial charge in [0.2, 0.25) is 5.79 Å². The Morgan fingerprint density at radius 3 is 2.68 bits per heavy atom. The van der Waals surface area contributed by atoms with Crippen molar-refractivity contribution >= 4 is 11.0 Å². The molecule has 0 fully saturated rings. The van der Waals surface area contributed by atoms with E-state index < -0.39 is 11.4 Å². The highest BCUT2D eigenvalue weighted by Crippen LogP contribution is 2.46. The standard InChI is InChI=1S/C20H18O5/c1-20(23-2)11-15(12-6-4-3-5-7-12)17-18(25-20)14-10-13(21)8-9-16(14)24-19(17)22/h3-10,15,21H,11H2,1-2H3/t15-,20-/m0/s1. The predicted octanol–water partition coefficient (Wildman–Crippen LogP) is 3.78. The van der Waals surface area contributed by atoms with Crippen LogP contribution in [-0.2, 0) is 4.74 Å². The molecule has 0 radical (unpaired) electrons. The van der Waals surface area contributed by atoms with Crippen LogP contribution in [0.2, 0.25) is 0 Å². The Kier molecular flexibility index (Phi) is 3.54. The van der Waals surface area contributed by atoms with Gasteiger partial charge in [-0.15, -0.1) is 0 Å². The van der Waals surface area contributed by atoms with E-state index in [0.29, 0.717) is 28.7 Å². The number of hydrogen-bond acceptors (Lipinski definition) is 5. The van der Waals surface area contributed by atoms with Crippen LogP contribution in [0.4, 0.5) is 0 Å². The Bertz CT molecular complexity index is 992. The highest BCUT2D eigenvalue weighted by Gasteiger charge is 2.41. The third-order valence-corrected chi connectivity index (χ3v) is 4.75. The van der Waals surface area contributed by atoms with Crippen molar-refractivity contribution in [3.05, 3.63) is 70.1 Å². The minimum Gasteiger partial charge on any atom is -0.508 e. The second-order valence-electron chi connectivity index (χ2n) is 6.42. The van der Waals surface area contributed by atoms with Crippen molar-refractivity contribution in [2.45, 2.75) is 25.0 Å². The van der Waals surface area contributed by atoms with Crippen molar-refractivity contribution in [2.75, 3.05) is 7.11 Å². The van der Waals surface area contributed by atoms with Gasteiger partial charge in [0.15, 0.2) is 0 Å². The quantitative estimate of drug-likeness (QED) is 0.720. The molecule has 5 heteroatoms. The van der Waals surface area contributed by atoms with Gasteiger partial charge in [0, 0.05) is 26.4 Å². The topological polar surface area (TPSA) is 68.9 Å². The summed E-state index contributed by atoms with van der Waals surface area (Å²) in [5, 5.41) is 10.4. The smallest absolute Gasteiger partial charge is 0.343 e. The maximum absolute atomic E-state index is 12.7. The molecule has 0 spiro atoms. The lowest BCUT2D eigenvalue weighted by molar-refractivity contribution is -0.163. The van der Waals surface area contributed by atoms with E-state index in [1.54, 1.807) is 19.2 Å². The summed E-state index contributed by atoms with van der Waals surface area (Å²) >= 11 is 0. The number of ether oxygens (including phenoxy) is 2. The predicted molar refractivity (Wildman–Crippen MR) is 93.1 cm³/mol. The van der Waals surface area contributed by atoms with Crippen molar-refractivity contribution in [1.82, 2.24) is 0 Å². The van der Waals surface area contributed by atoms with Gasteiger partial charge in [-0.3, -0.25) is 0 Å². The first-order valence-corrected chi connectivity index (χ1v) is 8.09. The molecule has 2 atom stereocenters. The van der Waals surface area contributed by atoms with Gasteiger partial charge >= 0.3 is 5.63 Å². The van der Waals surface area contributed by atoms with Gasteiger partial charge in [-0.2, -0.15) is 0 Å². The molecule has 1 aromatic heterocycles. The normalized spacial score (nSPS) is 22.4. The Hall–Kier alpha value is -2.79. The zero-order valence-electron chi connectivity index (χ0n) is 14.0. The fourth-order valence-electron chi connectivity index (χ4n) is 3.41. The molecule has 2 aromatic carbocycles. The highest BCUT2D eigenvalue weighted by molar-refractivity contribution is 5.86. The largest absolute Gasteiger partial charge is 0.508 e. The minimum atomic E-state index is -0.889. The molecular formula is C20H18O5. The van der Waals surface area contributed by atoms with Crippen molar-refractivity contribution < 1.29 is 19.0 Å². The SMILES string of the molecule is CO[C@]1(C)C[C@@H](c2ccccc2)c2c(c3cc(O)ccc3oc2=O)O1. The van der Waals surface area contributed by atoms with E-state index in [-0.39, 0.29) is 11.7 Å². The fourth-order valence-corrected chi connectivity index (χ4v) is 3.41. The van der Waals surface area contributed by atoms with E-state index in [4.69, 9.17) is 13.9 Å². The van der Waals surface area contributed by atoms with Gasteiger partial charge in [0.05, 0.1) is 10.9 Å². The van der Waals surface area contributed by atoms with Crippen LogP contribution in [0.5, 0.6) is 11.5 Å².